The SMILES string of the molecule is C=C(F)\C=C/C(=C\C)C(/N=C(C)C1(CC)CCCCC1)=C(C)\C=C/C=C\C.CC.NC=O. The van der Waals surface area contributed by atoms with Crippen LogP contribution in [-0.2, 0) is 4.79 Å². The van der Waals surface area contributed by atoms with Crippen molar-refractivity contribution in [2.45, 2.75) is 87.0 Å². The number of nitrogens with two attached hydrogens (primary N) is 1. The number of carbonyl (C=O) groups is 1. The van der Waals surface area contributed by atoms with Gasteiger partial charge in [0, 0.05) is 11.1 Å². The van der Waals surface area contributed by atoms with Crippen LogP contribution in [0.5, 0.6) is 0 Å². The van der Waals surface area contributed by atoms with E-state index in [2.05, 4.69) is 39.2 Å². The fraction of sp³-hybridized carbons (Fsp3) is 0.500. The Morgan fingerprint density at radius 2 is 1.62 bits per heavy atom. The highest BCUT2D eigenvalue weighted by molar-refractivity contribution is 5.89. The average Bonchev–Trinajstić information content (AvgIpc) is 2.80. The number of hydrogen-bond donors (Lipinski definition) is 1. The van der Waals surface area contributed by atoms with Crippen molar-refractivity contribution in [3.8, 4) is 0 Å². The normalized spacial score (nSPS) is 17.4. The molecule has 3 nitrogen and oxygen atoms in total. The predicted octanol–water partition coefficient (Wildman–Crippen LogP) is 8.33. The first kappa shape index (κ1) is 31.7. The van der Waals surface area contributed by atoms with Gasteiger partial charge >= 0.3 is 0 Å². The van der Waals surface area contributed by atoms with Gasteiger partial charge in [-0.15, -0.1) is 0 Å². The van der Waals surface area contributed by atoms with Crippen LogP contribution in [0.25, 0.3) is 0 Å². The number of allylic oxidation sites excluding steroid dienone is 9. The highest BCUT2D eigenvalue weighted by Crippen LogP contribution is 2.41. The van der Waals surface area contributed by atoms with Crippen LogP contribution in [0.1, 0.15) is 87.0 Å². The third kappa shape index (κ3) is 11.8. The van der Waals surface area contributed by atoms with Crippen LogP contribution >= 0.6 is 0 Å². The van der Waals surface area contributed by atoms with Gasteiger partial charge in [0.1, 0.15) is 5.83 Å². The smallest absolute Gasteiger partial charge is 0.204 e. The van der Waals surface area contributed by atoms with Crippen molar-refractivity contribution in [3.63, 3.8) is 0 Å². The lowest BCUT2D eigenvalue weighted by atomic mass is 9.69. The van der Waals surface area contributed by atoms with Gasteiger partial charge < -0.3 is 5.73 Å². The number of amides is 1. The molecule has 32 heavy (non-hydrogen) atoms. The van der Waals surface area contributed by atoms with E-state index in [1.54, 1.807) is 6.08 Å². The maximum absolute atomic E-state index is 13.2. The summed E-state index contributed by atoms with van der Waals surface area (Å²) in [4.78, 5) is 13.7. The molecule has 180 valence electrons. The molecule has 0 heterocycles. The number of aliphatic imine (C=N–C) groups is 1. The Morgan fingerprint density at radius 1 is 1.06 bits per heavy atom. The van der Waals surface area contributed by atoms with Gasteiger partial charge in [-0.3, -0.25) is 9.79 Å². The Bertz CT molecular complexity index is 731. The molecule has 0 radical (unpaired) electrons. The van der Waals surface area contributed by atoms with Crippen molar-refractivity contribution in [2.75, 3.05) is 0 Å². The molecule has 1 rings (SSSR count). The first-order valence-corrected chi connectivity index (χ1v) is 11.7. The first-order chi connectivity index (χ1) is 15.3. The van der Waals surface area contributed by atoms with E-state index in [1.165, 1.54) is 43.9 Å². The molecule has 0 atom stereocenters. The minimum Gasteiger partial charge on any atom is -0.372 e. The number of rotatable bonds is 8. The zero-order chi connectivity index (χ0) is 25.0. The van der Waals surface area contributed by atoms with Crippen LogP contribution in [-0.4, -0.2) is 12.1 Å². The quantitative estimate of drug-likeness (QED) is 0.228. The summed E-state index contributed by atoms with van der Waals surface area (Å²) in [6, 6.07) is 0. The second-order valence-electron chi connectivity index (χ2n) is 7.47. The minimum atomic E-state index is -0.450. The highest BCUT2D eigenvalue weighted by Gasteiger charge is 2.33. The van der Waals surface area contributed by atoms with Gasteiger partial charge in [0.15, 0.2) is 0 Å². The van der Waals surface area contributed by atoms with Gasteiger partial charge in [0.2, 0.25) is 6.41 Å². The molecule has 0 aromatic carbocycles. The summed E-state index contributed by atoms with van der Waals surface area (Å²) >= 11 is 0. The second kappa shape index (κ2) is 19.2. The van der Waals surface area contributed by atoms with Gasteiger partial charge in [-0.25, -0.2) is 4.39 Å². The van der Waals surface area contributed by atoms with Crippen LogP contribution in [0, 0.1) is 5.41 Å². The zero-order valence-corrected chi connectivity index (χ0v) is 21.4. The molecule has 0 spiro atoms. The fourth-order valence-electron chi connectivity index (χ4n) is 3.75. The fourth-order valence-corrected chi connectivity index (χ4v) is 3.75. The van der Waals surface area contributed by atoms with Crippen molar-refractivity contribution in [2.24, 2.45) is 16.1 Å². The predicted molar refractivity (Wildman–Crippen MR) is 140 cm³/mol. The van der Waals surface area contributed by atoms with Crippen LogP contribution < -0.4 is 5.73 Å². The highest BCUT2D eigenvalue weighted by atomic mass is 19.1. The molecule has 0 bridgehead atoms. The van der Waals surface area contributed by atoms with Crippen LogP contribution in [0.15, 0.2) is 76.8 Å². The van der Waals surface area contributed by atoms with Crippen molar-refractivity contribution in [1.82, 2.24) is 0 Å². The van der Waals surface area contributed by atoms with Crippen molar-refractivity contribution >= 4 is 12.1 Å². The summed E-state index contributed by atoms with van der Waals surface area (Å²) in [5.74, 6) is -0.450. The first-order valence-electron chi connectivity index (χ1n) is 11.7. The van der Waals surface area contributed by atoms with E-state index in [4.69, 9.17) is 9.79 Å². The molecular weight excluding hydrogens is 399 g/mol. The Hall–Kier alpha value is -2.49. The van der Waals surface area contributed by atoms with Crippen molar-refractivity contribution < 1.29 is 9.18 Å². The third-order valence-corrected chi connectivity index (χ3v) is 5.59. The summed E-state index contributed by atoms with van der Waals surface area (Å²) in [6.45, 7) is 17.8. The molecule has 4 heteroatoms. The van der Waals surface area contributed by atoms with Gasteiger partial charge in [-0.05, 0) is 64.2 Å². The van der Waals surface area contributed by atoms with Crippen LogP contribution in [0.4, 0.5) is 4.39 Å². The number of hydrogen-bond acceptors (Lipinski definition) is 2. The number of primary amides is 1. The molecule has 0 saturated heterocycles. The van der Waals surface area contributed by atoms with E-state index >= 15 is 0 Å². The molecule has 1 amide bonds. The van der Waals surface area contributed by atoms with Crippen LogP contribution in [0.3, 0.4) is 0 Å². The lowest BCUT2D eigenvalue weighted by Gasteiger charge is -2.37. The van der Waals surface area contributed by atoms with E-state index < -0.39 is 5.83 Å². The topological polar surface area (TPSA) is 55.4 Å². The Morgan fingerprint density at radius 3 is 2.06 bits per heavy atom. The molecule has 0 aromatic rings. The van der Waals surface area contributed by atoms with E-state index in [9.17, 15) is 4.39 Å². The average molecular weight is 445 g/mol. The summed E-state index contributed by atoms with van der Waals surface area (Å²) in [6.07, 6.45) is 20.9. The maximum atomic E-state index is 13.2. The van der Waals surface area contributed by atoms with Gasteiger partial charge in [0.05, 0.1) is 5.70 Å². The Kier molecular flexibility index (Phi) is 19.0. The molecule has 0 aliphatic heterocycles. The Balaban J connectivity index is 0. The monoisotopic (exact) mass is 444 g/mol. The van der Waals surface area contributed by atoms with E-state index in [0.29, 0.717) is 0 Å². The van der Waals surface area contributed by atoms with Gasteiger partial charge in [-0.1, -0.05) is 83.1 Å². The minimum absolute atomic E-state index is 0.197. The van der Waals surface area contributed by atoms with Crippen LogP contribution in [0.2, 0.25) is 0 Å². The maximum Gasteiger partial charge on any atom is 0.204 e. The summed E-state index contributed by atoms with van der Waals surface area (Å²) in [5, 5.41) is 0. The summed E-state index contributed by atoms with van der Waals surface area (Å²) in [7, 11) is 0. The number of nitrogens with zero attached hydrogens (tertiary/aromatic N) is 1. The second-order valence-corrected chi connectivity index (χ2v) is 7.47. The molecule has 0 aromatic heterocycles. The summed E-state index contributed by atoms with van der Waals surface area (Å²) < 4.78 is 13.2. The van der Waals surface area contributed by atoms with E-state index in [-0.39, 0.29) is 11.8 Å². The Labute approximate surface area is 196 Å². The number of carbonyl (C=O) groups excluding carboxylic acids is 1. The van der Waals surface area contributed by atoms with Crippen molar-refractivity contribution in [1.29, 1.82) is 0 Å². The zero-order valence-electron chi connectivity index (χ0n) is 21.4. The molecule has 1 aliphatic rings. The van der Waals surface area contributed by atoms with Crippen molar-refractivity contribution in [3.05, 3.63) is 71.8 Å². The standard InChI is InChI=1S/C25H36FN.C2H6.CH3NO/c1-7-10-12-15-20(4)24(23(8-2)17-16-21(5)26)27-22(6)25(9-3)18-13-11-14-19-25;1-2;2-1-3/h7-8,10,12,15-17H,5,9,11,13-14,18-19H2,1-4,6H3;1-2H3;1H,(H2,2,3)/b10-7-,15-12-,17-16-,23-8+,24-20+,27-22?;;. The molecular formula is C28H45FN2O. The molecule has 0 unspecified atom stereocenters. The van der Waals surface area contributed by atoms with Gasteiger partial charge in [-0.2, -0.15) is 0 Å². The van der Waals surface area contributed by atoms with E-state index in [0.717, 1.165) is 23.3 Å². The lowest BCUT2D eigenvalue weighted by molar-refractivity contribution is -0.106. The van der Waals surface area contributed by atoms with E-state index in [1.807, 2.05) is 52.0 Å². The number of halogens is 1. The van der Waals surface area contributed by atoms with Gasteiger partial charge in [0.25, 0.3) is 0 Å². The molecule has 1 aliphatic carbocycles. The molecule has 2 N–H and O–H groups in total. The lowest BCUT2D eigenvalue weighted by Crippen LogP contribution is -2.31. The summed E-state index contributed by atoms with van der Waals surface area (Å²) in [5.41, 5.74) is 8.45. The third-order valence-electron chi connectivity index (χ3n) is 5.59. The largest absolute Gasteiger partial charge is 0.372 e. The molecule has 1 saturated carbocycles. The molecule has 1 fully saturated rings.